The Bertz CT molecular complexity index is 201. The molecule has 0 radical (unpaired) electrons. The third-order valence-corrected chi connectivity index (χ3v) is 1.99. The Morgan fingerprint density at radius 1 is 1.73 bits per heavy atom. The molecule has 0 unspecified atom stereocenters. The van der Waals surface area contributed by atoms with Crippen molar-refractivity contribution in [3.8, 4) is 0 Å². The first kappa shape index (κ1) is 8.40. The molecule has 3 nitrogen and oxygen atoms in total. The van der Waals surface area contributed by atoms with Crippen LogP contribution in [-0.4, -0.2) is 19.6 Å². The van der Waals surface area contributed by atoms with Gasteiger partial charge >= 0.3 is 0 Å². The summed E-state index contributed by atoms with van der Waals surface area (Å²) in [6.45, 7) is 0.635. The van der Waals surface area contributed by atoms with Crippen molar-refractivity contribution in [3.05, 3.63) is 10.7 Å². The van der Waals surface area contributed by atoms with Gasteiger partial charge in [0.2, 0.25) is 5.90 Å². The summed E-state index contributed by atoms with van der Waals surface area (Å²) in [5.74, 6) is 0.204. The van der Waals surface area contributed by atoms with Crippen molar-refractivity contribution in [1.29, 1.82) is 5.41 Å². The van der Waals surface area contributed by atoms with Gasteiger partial charge in [-0.15, -0.1) is 0 Å². The van der Waals surface area contributed by atoms with E-state index in [1.807, 2.05) is 0 Å². The zero-order valence-electron chi connectivity index (χ0n) is 6.41. The average molecular weight is 175 g/mol. The van der Waals surface area contributed by atoms with Crippen molar-refractivity contribution in [2.75, 3.05) is 13.7 Å². The van der Waals surface area contributed by atoms with E-state index in [4.69, 9.17) is 21.7 Å². The maximum atomic E-state index is 7.38. The first-order valence-electron chi connectivity index (χ1n) is 3.54. The lowest BCUT2D eigenvalue weighted by molar-refractivity contribution is 0.277. The second-order valence-electron chi connectivity index (χ2n) is 2.32. The van der Waals surface area contributed by atoms with E-state index in [1.165, 1.54) is 0 Å². The van der Waals surface area contributed by atoms with Gasteiger partial charge in [0, 0.05) is 12.6 Å². The molecule has 1 fully saturated rings. The molecule has 0 amide bonds. The van der Waals surface area contributed by atoms with E-state index in [2.05, 4.69) is 5.32 Å². The summed E-state index contributed by atoms with van der Waals surface area (Å²) in [5, 5.41) is 10.7. The van der Waals surface area contributed by atoms with Crippen molar-refractivity contribution in [2.24, 2.45) is 0 Å². The topological polar surface area (TPSA) is 45.1 Å². The molecular formula is C7H11ClN2O. The summed E-state index contributed by atoms with van der Waals surface area (Å²) in [6, 6.07) is 0. The molecule has 0 aromatic heterocycles. The van der Waals surface area contributed by atoms with Gasteiger partial charge in [0.05, 0.1) is 6.61 Å². The summed E-state index contributed by atoms with van der Waals surface area (Å²) in [7, 11) is 1.73. The maximum absolute atomic E-state index is 7.38. The molecule has 4 heteroatoms. The predicted octanol–water partition coefficient (Wildman–Crippen LogP) is 1.44. The van der Waals surface area contributed by atoms with E-state index < -0.39 is 0 Å². The van der Waals surface area contributed by atoms with Crippen LogP contribution in [0.4, 0.5) is 0 Å². The highest BCUT2D eigenvalue weighted by atomic mass is 35.5. The lowest BCUT2D eigenvalue weighted by Gasteiger charge is -2.17. The molecule has 0 saturated carbocycles. The van der Waals surface area contributed by atoms with Crippen molar-refractivity contribution >= 4 is 17.5 Å². The minimum atomic E-state index is 0.204. The fourth-order valence-electron chi connectivity index (χ4n) is 0.984. The summed E-state index contributed by atoms with van der Waals surface area (Å²) in [4.78, 5) is 0. The van der Waals surface area contributed by atoms with Crippen molar-refractivity contribution in [1.82, 2.24) is 5.32 Å². The maximum Gasteiger partial charge on any atom is 0.212 e. The SMILES string of the molecule is CN/C(Cl)=C1/CCCOC1=N. The van der Waals surface area contributed by atoms with Crippen LogP contribution in [0.2, 0.25) is 0 Å². The van der Waals surface area contributed by atoms with Crippen LogP contribution in [0, 0.1) is 5.41 Å². The van der Waals surface area contributed by atoms with Gasteiger partial charge < -0.3 is 10.1 Å². The van der Waals surface area contributed by atoms with Crippen molar-refractivity contribution in [3.63, 3.8) is 0 Å². The number of hydrogen-bond acceptors (Lipinski definition) is 3. The first-order chi connectivity index (χ1) is 5.25. The molecule has 1 aliphatic heterocycles. The highest BCUT2D eigenvalue weighted by Crippen LogP contribution is 2.18. The summed E-state index contributed by atoms with van der Waals surface area (Å²) >= 11 is 5.79. The first-order valence-corrected chi connectivity index (χ1v) is 3.91. The van der Waals surface area contributed by atoms with Crippen LogP contribution >= 0.6 is 11.6 Å². The average Bonchev–Trinajstić information content (AvgIpc) is 2.04. The molecule has 1 heterocycles. The van der Waals surface area contributed by atoms with E-state index >= 15 is 0 Å². The summed E-state index contributed by atoms with van der Waals surface area (Å²) in [6.07, 6.45) is 1.77. The molecule has 0 atom stereocenters. The Morgan fingerprint density at radius 3 is 3.00 bits per heavy atom. The lowest BCUT2D eigenvalue weighted by Crippen LogP contribution is -2.18. The highest BCUT2D eigenvalue weighted by molar-refractivity contribution is 6.31. The van der Waals surface area contributed by atoms with Crippen LogP contribution in [0.25, 0.3) is 0 Å². The number of ether oxygens (including phenoxy) is 1. The van der Waals surface area contributed by atoms with Gasteiger partial charge in [0.25, 0.3) is 0 Å². The summed E-state index contributed by atoms with van der Waals surface area (Å²) in [5.41, 5.74) is 0.778. The second kappa shape index (κ2) is 3.62. The van der Waals surface area contributed by atoms with Crippen LogP contribution in [0.5, 0.6) is 0 Å². The van der Waals surface area contributed by atoms with Gasteiger partial charge in [-0.25, -0.2) is 0 Å². The Labute approximate surface area is 70.9 Å². The summed E-state index contributed by atoms with van der Waals surface area (Å²) < 4.78 is 5.01. The second-order valence-corrected chi connectivity index (χ2v) is 2.70. The standard InChI is InChI=1S/C7H11ClN2O/c1-10-6(8)5-3-2-4-11-7(5)9/h9-10H,2-4H2,1H3/b6-5-,9-7?. The van der Waals surface area contributed by atoms with E-state index in [0.717, 1.165) is 18.4 Å². The van der Waals surface area contributed by atoms with Gasteiger partial charge in [0.1, 0.15) is 5.16 Å². The molecule has 0 aromatic rings. The van der Waals surface area contributed by atoms with Gasteiger partial charge in [-0.05, 0) is 12.8 Å². The smallest absolute Gasteiger partial charge is 0.212 e. The molecule has 11 heavy (non-hydrogen) atoms. The van der Waals surface area contributed by atoms with Crippen LogP contribution in [0.1, 0.15) is 12.8 Å². The molecular weight excluding hydrogens is 164 g/mol. The van der Waals surface area contributed by atoms with E-state index in [-0.39, 0.29) is 5.90 Å². The fourth-order valence-corrected chi connectivity index (χ4v) is 1.16. The highest BCUT2D eigenvalue weighted by Gasteiger charge is 2.15. The molecule has 1 aliphatic rings. The van der Waals surface area contributed by atoms with E-state index in [9.17, 15) is 0 Å². The molecule has 2 N–H and O–H groups in total. The van der Waals surface area contributed by atoms with Crippen molar-refractivity contribution in [2.45, 2.75) is 12.8 Å². The molecule has 0 bridgehead atoms. The van der Waals surface area contributed by atoms with Crippen LogP contribution in [0.3, 0.4) is 0 Å². The third-order valence-electron chi connectivity index (χ3n) is 1.58. The van der Waals surface area contributed by atoms with E-state index in [1.54, 1.807) is 7.05 Å². The largest absolute Gasteiger partial charge is 0.478 e. The number of rotatable bonds is 1. The molecule has 0 aliphatic carbocycles. The normalized spacial score (nSPS) is 22.5. The predicted molar refractivity (Wildman–Crippen MR) is 44.9 cm³/mol. The van der Waals surface area contributed by atoms with Crippen molar-refractivity contribution < 1.29 is 4.74 Å². The monoisotopic (exact) mass is 174 g/mol. The number of hydrogen-bond donors (Lipinski definition) is 2. The number of nitrogens with one attached hydrogen (secondary N) is 2. The van der Waals surface area contributed by atoms with Crippen LogP contribution in [-0.2, 0) is 4.74 Å². The minimum absolute atomic E-state index is 0.204. The number of halogens is 1. The minimum Gasteiger partial charge on any atom is -0.478 e. The van der Waals surface area contributed by atoms with Gasteiger partial charge in [-0.3, -0.25) is 5.41 Å². The zero-order chi connectivity index (χ0) is 8.27. The van der Waals surface area contributed by atoms with Gasteiger partial charge in [0.15, 0.2) is 0 Å². The molecule has 62 valence electrons. The zero-order valence-corrected chi connectivity index (χ0v) is 7.16. The third kappa shape index (κ3) is 1.87. The van der Waals surface area contributed by atoms with Crippen LogP contribution < -0.4 is 5.32 Å². The lowest BCUT2D eigenvalue weighted by atomic mass is 10.1. The Morgan fingerprint density at radius 2 is 2.45 bits per heavy atom. The Kier molecular flexibility index (Phi) is 2.76. The fraction of sp³-hybridized carbons (Fsp3) is 0.571. The molecule has 0 spiro atoms. The van der Waals surface area contributed by atoms with Crippen LogP contribution in [0.15, 0.2) is 10.7 Å². The molecule has 0 aromatic carbocycles. The Balaban J connectivity index is 2.75. The molecule has 1 saturated heterocycles. The molecule has 1 rings (SSSR count). The van der Waals surface area contributed by atoms with Gasteiger partial charge in [-0.1, -0.05) is 11.6 Å². The quantitative estimate of drug-likeness (QED) is 0.591. The van der Waals surface area contributed by atoms with Gasteiger partial charge in [-0.2, -0.15) is 0 Å². The Hall–Kier alpha value is -0.700. The van der Waals surface area contributed by atoms with E-state index in [0.29, 0.717) is 11.8 Å².